The van der Waals surface area contributed by atoms with Crippen molar-refractivity contribution in [3.63, 3.8) is 0 Å². The Morgan fingerprint density at radius 2 is 2.40 bits per heavy atom. The van der Waals surface area contributed by atoms with Crippen LogP contribution in [0.25, 0.3) is 0 Å². The highest BCUT2D eigenvalue weighted by Gasteiger charge is 2.06. The molecule has 0 aromatic carbocycles. The van der Waals surface area contributed by atoms with Gasteiger partial charge in [0.1, 0.15) is 5.56 Å². The Morgan fingerprint density at radius 1 is 1.60 bits per heavy atom. The molecule has 2 N–H and O–H groups in total. The lowest BCUT2D eigenvalue weighted by Crippen LogP contribution is -2.36. The average Bonchev–Trinajstić information content (AvgIpc) is 2.25. The molecule has 0 radical (unpaired) electrons. The number of primary amides is 1. The number of nitrogens with two attached hydrogens (primary N) is 1. The smallest absolute Gasteiger partial charge is 0.254 e. The number of pyridine rings is 1. The van der Waals surface area contributed by atoms with Crippen LogP contribution in [0.4, 0.5) is 0 Å². The fraction of sp³-hybridized carbons (Fsp3) is 0.455. The van der Waals surface area contributed by atoms with Crippen molar-refractivity contribution in [3.05, 3.63) is 30.1 Å². The second-order valence-corrected chi connectivity index (χ2v) is 3.36. The SMILES string of the molecule is CCCCOC[n+]1cccc(C(N)=O)c1. The van der Waals surface area contributed by atoms with Crippen LogP contribution in [0.5, 0.6) is 0 Å². The first-order valence-corrected chi connectivity index (χ1v) is 5.10. The molecule has 1 heterocycles. The van der Waals surface area contributed by atoms with Gasteiger partial charge in [-0.3, -0.25) is 4.79 Å². The minimum atomic E-state index is -0.419. The maximum atomic E-state index is 10.9. The van der Waals surface area contributed by atoms with Crippen LogP contribution in [0.2, 0.25) is 0 Å². The molecule has 1 amide bonds. The van der Waals surface area contributed by atoms with E-state index >= 15 is 0 Å². The fourth-order valence-corrected chi connectivity index (χ4v) is 1.16. The van der Waals surface area contributed by atoms with Crippen LogP contribution < -0.4 is 10.3 Å². The first kappa shape index (κ1) is 11.7. The normalized spacial score (nSPS) is 10.2. The highest BCUT2D eigenvalue weighted by molar-refractivity contribution is 5.92. The summed E-state index contributed by atoms with van der Waals surface area (Å²) in [6, 6.07) is 3.47. The van der Waals surface area contributed by atoms with Crippen LogP contribution in [0.15, 0.2) is 24.5 Å². The van der Waals surface area contributed by atoms with Gasteiger partial charge in [-0.25, -0.2) is 0 Å². The molecule has 0 fully saturated rings. The molecular formula is C11H17N2O2+. The third kappa shape index (κ3) is 4.08. The Hall–Kier alpha value is -1.42. The first-order valence-electron chi connectivity index (χ1n) is 5.10. The molecule has 4 nitrogen and oxygen atoms in total. The molecule has 1 aromatic rings. The quantitative estimate of drug-likeness (QED) is 0.557. The Morgan fingerprint density at radius 3 is 3.07 bits per heavy atom. The molecule has 0 spiro atoms. The van der Waals surface area contributed by atoms with Gasteiger partial charge in [-0.2, -0.15) is 4.57 Å². The number of carbonyl (C=O) groups is 1. The average molecular weight is 209 g/mol. The lowest BCUT2D eigenvalue weighted by Gasteiger charge is -2.00. The summed E-state index contributed by atoms with van der Waals surface area (Å²) in [7, 11) is 0. The number of unbranched alkanes of at least 4 members (excludes halogenated alkanes) is 1. The zero-order valence-corrected chi connectivity index (χ0v) is 8.98. The van der Waals surface area contributed by atoms with Gasteiger partial charge in [-0.1, -0.05) is 13.3 Å². The summed E-state index contributed by atoms with van der Waals surface area (Å²) in [4.78, 5) is 10.9. The predicted molar refractivity (Wildman–Crippen MR) is 56.0 cm³/mol. The number of nitrogens with zero attached hydrogens (tertiary/aromatic N) is 1. The molecule has 0 aliphatic heterocycles. The molecule has 1 aromatic heterocycles. The van der Waals surface area contributed by atoms with Crippen molar-refractivity contribution in [1.29, 1.82) is 0 Å². The molecule has 0 unspecified atom stereocenters. The molecule has 0 saturated heterocycles. The van der Waals surface area contributed by atoms with E-state index in [2.05, 4.69) is 6.92 Å². The highest BCUT2D eigenvalue weighted by Crippen LogP contribution is 1.93. The number of ether oxygens (including phenoxy) is 1. The first-order chi connectivity index (χ1) is 7.24. The van der Waals surface area contributed by atoms with Gasteiger partial charge in [0, 0.05) is 6.07 Å². The summed E-state index contributed by atoms with van der Waals surface area (Å²) >= 11 is 0. The zero-order valence-electron chi connectivity index (χ0n) is 8.98. The summed E-state index contributed by atoms with van der Waals surface area (Å²) in [5.74, 6) is -0.419. The Kier molecular flexibility index (Phi) is 4.77. The largest absolute Gasteiger partial charge is 0.365 e. The molecule has 0 aliphatic carbocycles. The third-order valence-corrected chi connectivity index (χ3v) is 2.03. The van der Waals surface area contributed by atoms with Crippen LogP contribution >= 0.6 is 0 Å². The van der Waals surface area contributed by atoms with Crippen LogP contribution in [0.1, 0.15) is 30.1 Å². The second kappa shape index (κ2) is 6.14. The predicted octanol–water partition coefficient (Wildman–Crippen LogP) is 0.847. The standard InChI is InChI=1S/C11H16N2O2/c1-2-3-7-15-9-13-6-4-5-10(8-13)11(12)14/h4-6,8H,2-3,7,9H2,1H3,(H-,12,14)/p+1. The molecule has 0 saturated carbocycles. The summed E-state index contributed by atoms with van der Waals surface area (Å²) in [6.07, 6.45) is 5.70. The molecule has 82 valence electrons. The van der Waals surface area contributed by atoms with Gasteiger partial charge in [0.25, 0.3) is 12.6 Å². The fourth-order valence-electron chi connectivity index (χ4n) is 1.16. The van der Waals surface area contributed by atoms with E-state index in [1.165, 1.54) is 0 Å². The van der Waals surface area contributed by atoms with E-state index in [1.54, 1.807) is 22.9 Å². The van der Waals surface area contributed by atoms with Crippen molar-refractivity contribution in [2.24, 2.45) is 5.73 Å². The number of rotatable bonds is 6. The third-order valence-electron chi connectivity index (χ3n) is 2.03. The molecule has 4 heteroatoms. The van der Waals surface area contributed by atoms with Gasteiger partial charge in [0.2, 0.25) is 0 Å². The molecule has 0 aliphatic rings. The molecular weight excluding hydrogens is 192 g/mol. The Bertz CT molecular complexity index is 326. The molecule has 1 rings (SSSR count). The van der Waals surface area contributed by atoms with Gasteiger partial charge in [-0.15, -0.1) is 0 Å². The van der Waals surface area contributed by atoms with E-state index in [-0.39, 0.29) is 0 Å². The van der Waals surface area contributed by atoms with Gasteiger partial charge < -0.3 is 10.5 Å². The van der Waals surface area contributed by atoms with Crippen LogP contribution in [-0.4, -0.2) is 12.5 Å². The molecule has 0 atom stereocenters. The molecule has 0 bridgehead atoms. The van der Waals surface area contributed by atoms with E-state index in [4.69, 9.17) is 10.5 Å². The summed E-state index contributed by atoms with van der Waals surface area (Å²) in [5, 5.41) is 0. The lowest BCUT2D eigenvalue weighted by molar-refractivity contribution is -0.732. The van der Waals surface area contributed by atoms with E-state index < -0.39 is 5.91 Å². The summed E-state index contributed by atoms with van der Waals surface area (Å²) in [5.41, 5.74) is 5.66. The molecule has 15 heavy (non-hydrogen) atoms. The Balaban J connectivity index is 2.47. The van der Waals surface area contributed by atoms with Crippen molar-refractivity contribution in [1.82, 2.24) is 0 Å². The van der Waals surface area contributed by atoms with Gasteiger partial charge in [0.05, 0.1) is 6.61 Å². The van der Waals surface area contributed by atoms with Gasteiger partial charge in [0.15, 0.2) is 12.4 Å². The van der Waals surface area contributed by atoms with Crippen molar-refractivity contribution < 1.29 is 14.1 Å². The summed E-state index contributed by atoms with van der Waals surface area (Å²) < 4.78 is 7.21. The van der Waals surface area contributed by atoms with Crippen LogP contribution in [-0.2, 0) is 11.5 Å². The minimum absolute atomic E-state index is 0.419. The topological polar surface area (TPSA) is 56.2 Å². The minimum Gasteiger partial charge on any atom is -0.365 e. The second-order valence-electron chi connectivity index (χ2n) is 3.36. The maximum absolute atomic E-state index is 10.9. The number of hydrogen-bond acceptors (Lipinski definition) is 2. The number of amides is 1. The van der Waals surface area contributed by atoms with Crippen molar-refractivity contribution in [2.45, 2.75) is 26.5 Å². The van der Waals surface area contributed by atoms with Crippen molar-refractivity contribution in [2.75, 3.05) is 6.61 Å². The monoisotopic (exact) mass is 209 g/mol. The summed E-state index contributed by atoms with van der Waals surface area (Å²) in [6.45, 7) is 3.32. The van der Waals surface area contributed by atoms with Crippen molar-refractivity contribution in [3.8, 4) is 0 Å². The number of carbonyl (C=O) groups excluding carboxylic acids is 1. The van der Waals surface area contributed by atoms with E-state index in [1.807, 2.05) is 6.20 Å². The van der Waals surface area contributed by atoms with Gasteiger partial charge >= 0.3 is 0 Å². The van der Waals surface area contributed by atoms with Crippen LogP contribution in [0.3, 0.4) is 0 Å². The lowest BCUT2D eigenvalue weighted by atomic mass is 10.3. The highest BCUT2D eigenvalue weighted by atomic mass is 16.5. The van der Waals surface area contributed by atoms with Crippen molar-refractivity contribution >= 4 is 5.91 Å². The Labute approximate surface area is 89.7 Å². The van der Waals surface area contributed by atoms with Gasteiger partial charge in [-0.05, 0) is 12.5 Å². The van der Waals surface area contributed by atoms with E-state index in [0.717, 1.165) is 19.4 Å². The van der Waals surface area contributed by atoms with E-state index in [9.17, 15) is 4.79 Å². The number of hydrogen-bond donors (Lipinski definition) is 1. The zero-order chi connectivity index (χ0) is 11.1. The van der Waals surface area contributed by atoms with Crippen LogP contribution in [0, 0.1) is 0 Å². The number of aromatic nitrogens is 1. The van der Waals surface area contributed by atoms with E-state index in [0.29, 0.717) is 12.3 Å². The maximum Gasteiger partial charge on any atom is 0.254 e.